The van der Waals surface area contributed by atoms with Gasteiger partial charge in [0, 0.05) is 11.1 Å². The van der Waals surface area contributed by atoms with Gasteiger partial charge in [-0.15, -0.1) is 0 Å². The topological polar surface area (TPSA) is 0 Å². The highest BCUT2D eigenvalue weighted by Crippen LogP contribution is 2.25. The molecule has 0 N–H and O–H groups in total. The molecule has 0 amide bonds. The van der Waals surface area contributed by atoms with Crippen molar-refractivity contribution in [3.8, 4) is 0 Å². The fraction of sp³-hybridized carbons (Fsp3) is 0.333. The summed E-state index contributed by atoms with van der Waals surface area (Å²) >= 11 is 0. The molecule has 0 saturated carbocycles. The Morgan fingerprint density at radius 1 is 0.720 bits per heavy atom. The van der Waals surface area contributed by atoms with Crippen LogP contribution in [0.1, 0.15) is 37.8 Å². The summed E-state index contributed by atoms with van der Waals surface area (Å²) in [4.78, 5) is 0. The lowest BCUT2D eigenvalue weighted by Crippen LogP contribution is -2.47. The fourth-order valence-electron chi connectivity index (χ4n) is 3.89. The molecule has 1 aliphatic rings. The van der Waals surface area contributed by atoms with Crippen molar-refractivity contribution in [1.82, 2.24) is 0 Å². The summed E-state index contributed by atoms with van der Waals surface area (Å²) in [5, 5.41) is 0. The second kappa shape index (κ2) is 8.31. The lowest BCUT2D eigenvalue weighted by Gasteiger charge is -2.39. The molecule has 0 radical (unpaired) electrons. The Balaban J connectivity index is 1.97. The maximum atomic E-state index is 2.48. The predicted molar refractivity (Wildman–Crippen MR) is 107 cm³/mol. The van der Waals surface area contributed by atoms with Crippen LogP contribution in [0.5, 0.6) is 0 Å². The van der Waals surface area contributed by atoms with E-state index in [4.69, 9.17) is 0 Å². The number of nitrogens with zero attached hydrogens (tertiary/aromatic N) is 1. The Morgan fingerprint density at radius 2 is 1.28 bits per heavy atom. The zero-order valence-electron chi connectivity index (χ0n) is 15.6. The van der Waals surface area contributed by atoms with E-state index in [2.05, 4.69) is 86.7 Å². The van der Waals surface area contributed by atoms with Crippen molar-refractivity contribution in [3.05, 3.63) is 95.1 Å². The van der Waals surface area contributed by atoms with Crippen molar-refractivity contribution in [2.45, 2.75) is 39.8 Å². The first-order chi connectivity index (χ1) is 12.2. The molecule has 0 saturated heterocycles. The number of allylic oxidation sites excluding steroid dienone is 2. The third-order valence-electron chi connectivity index (χ3n) is 5.16. The standard InChI is InChI=1S/C24H30N/c1-21-10-9-11-22(2)18-25(17-16-21,19-23-12-5-3-6-13-23)20-24-14-7-4-8-15-24/h3-8,11-16H,9-10,17-20H2,1-2H3/q+1/b21-16+,22-11+. The van der Waals surface area contributed by atoms with Gasteiger partial charge in [-0.3, -0.25) is 0 Å². The Bertz CT molecular complexity index is 684. The van der Waals surface area contributed by atoms with E-state index in [-0.39, 0.29) is 0 Å². The lowest BCUT2D eigenvalue weighted by atomic mass is 10.1. The van der Waals surface area contributed by atoms with Gasteiger partial charge in [-0.25, -0.2) is 0 Å². The number of benzene rings is 2. The maximum Gasteiger partial charge on any atom is 0.105 e. The molecule has 1 heteroatoms. The van der Waals surface area contributed by atoms with Crippen molar-refractivity contribution in [1.29, 1.82) is 0 Å². The van der Waals surface area contributed by atoms with E-state index < -0.39 is 0 Å². The molecule has 0 aliphatic carbocycles. The van der Waals surface area contributed by atoms with E-state index in [0.29, 0.717) is 0 Å². The monoisotopic (exact) mass is 332 g/mol. The fourth-order valence-corrected chi connectivity index (χ4v) is 3.89. The van der Waals surface area contributed by atoms with Crippen LogP contribution in [0.4, 0.5) is 0 Å². The number of hydrogen-bond donors (Lipinski definition) is 0. The van der Waals surface area contributed by atoms with E-state index >= 15 is 0 Å². The van der Waals surface area contributed by atoms with E-state index in [1.54, 1.807) is 0 Å². The highest BCUT2D eigenvalue weighted by atomic mass is 15.3. The molecule has 0 aromatic heterocycles. The van der Waals surface area contributed by atoms with E-state index in [1.165, 1.54) is 35.1 Å². The van der Waals surface area contributed by atoms with Crippen LogP contribution in [-0.2, 0) is 13.1 Å². The molecule has 25 heavy (non-hydrogen) atoms. The molecular formula is C24H30N+. The minimum atomic E-state index is 1.06. The molecule has 2 aromatic rings. The molecule has 0 unspecified atom stereocenters. The van der Waals surface area contributed by atoms with Gasteiger partial charge >= 0.3 is 0 Å². The van der Waals surface area contributed by atoms with Crippen molar-refractivity contribution < 1.29 is 4.48 Å². The van der Waals surface area contributed by atoms with Crippen LogP contribution in [0, 0.1) is 0 Å². The van der Waals surface area contributed by atoms with Gasteiger partial charge in [0.15, 0.2) is 0 Å². The first kappa shape index (κ1) is 17.7. The van der Waals surface area contributed by atoms with E-state index in [9.17, 15) is 0 Å². The van der Waals surface area contributed by atoms with Crippen LogP contribution < -0.4 is 0 Å². The van der Waals surface area contributed by atoms with Gasteiger partial charge in [-0.2, -0.15) is 0 Å². The third kappa shape index (κ3) is 5.17. The van der Waals surface area contributed by atoms with E-state index in [0.717, 1.165) is 30.7 Å². The Hall–Kier alpha value is -2.12. The average Bonchev–Trinajstić information content (AvgIpc) is 2.67. The highest BCUT2D eigenvalue weighted by molar-refractivity contribution is 5.16. The highest BCUT2D eigenvalue weighted by Gasteiger charge is 2.28. The number of quaternary nitrogens is 1. The SMILES string of the molecule is C/C1=C\C[N+](Cc2ccccc2)(Cc2ccccc2)C/C(C)=C/CC1. The zero-order chi connectivity index (χ0) is 17.5. The van der Waals surface area contributed by atoms with Crippen LogP contribution in [0.15, 0.2) is 84.0 Å². The molecule has 0 bridgehead atoms. The molecule has 0 spiro atoms. The zero-order valence-corrected chi connectivity index (χ0v) is 15.6. The summed E-state index contributed by atoms with van der Waals surface area (Å²) < 4.78 is 1.06. The minimum absolute atomic E-state index is 1.06. The first-order valence-electron chi connectivity index (χ1n) is 9.39. The molecule has 130 valence electrons. The maximum absolute atomic E-state index is 2.48. The van der Waals surface area contributed by atoms with E-state index in [1.807, 2.05) is 0 Å². The van der Waals surface area contributed by atoms with Gasteiger partial charge in [-0.1, -0.05) is 72.3 Å². The third-order valence-corrected chi connectivity index (χ3v) is 5.16. The normalized spacial score (nSPS) is 21.8. The largest absolute Gasteiger partial charge is 0.309 e. The van der Waals surface area contributed by atoms with Gasteiger partial charge in [0.2, 0.25) is 0 Å². The molecule has 1 heterocycles. The van der Waals surface area contributed by atoms with Crippen molar-refractivity contribution >= 4 is 0 Å². The van der Waals surface area contributed by atoms with Crippen LogP contribution in [0.25, 0.3) is 0 Å². The summed E-state index contributed by atoms with van der Waals surface area (Å²) in [5.41, 5.74) is 5.90. The first-order valence-corrected chi connectivity index (χ1v) is 9.39. The molecule has 0 atom stereocenters. The molecule has 1 aliphatic heterocycles. The van der Waals surface area contributed by atoms with Crippen LogP contribution in [0.2, 0.25) is 0 Å². The van der Waals surface area contributed by atoms with Gasteiger partial charge in [0.1, 0.15) is 19.6 Å². The molecule has 1 nitrogen and oxygen atoms in total. The van der Waals surface area contributed by atoms with Crippen molar-refractivity contribution in [3.63, 3.8) is 0 Å². The van der Waals surface area contributed by atoms with Gasteiger partial charge < -0.3 is 4.48 Å². The van der Waals surface area contributed by atoms with Crippen LogP contribution in [-0.4, -0.2) is 17.6 Å². The van der Waals surface area contributed by atoms with Crippen LogP contribution >= 0.6 is 0 Å². The molecular weight excluding hydrogens is 302 g/mol. The van der Waals surface area contributed by atoms with Crippen LogP contribution in [0.3, 0.4) is 0 Å². The number of rotatable bonds is 4. The minimum Gasteiger partial charge on any atom is -0.309 e. The van der Waals surface area contributed by atoms with Crippen molar-refractivity contribution in [2.24, 2.45) is 0 Å². The van der Waals surface area contributed by atoms with Gasteiger partial charge in [0.05, 0.1) is 6.54 Å². The van der Waals surface area contributed by atoms with Gasteiger partial charge in [0.25, 0.3) is 0 Å². The van der Waals surface area contributed by atoms with Gasteiger partial charge in [-0.05, 0) is 38.3 Å². The summed E-state index contributed by atoms with van der Waals surface area (Å²) in [6.45, 7) is 8.96. The van der Waals surface area contributed by atoms with Crippen molar-refractivity contribution in [2.75, 3.05) is 13.1 Å². The Kier molecular flexibility index (Phi) is 5.88. The quantitative estimate of drug-likeness (QED) is 0.484. The smallest absolute Gasteiger partial charge is 0.105 e. The average molecular weight is 333 g/mol. The lowest BCUT2D eigenvalue weighted by molar-refractivity contribution is -0.944. The summed E-state index contributed by atoms with van der Waals surface area (Å²) in [6.07, 6.45) is 7.29. The molecule has 3 rings (SSSR count). The second-order valence-corrected chi connectivity index (χ2v) is 7.61. The second-order valence-electron chi connectivity index (χ2n) is 7.61. The Labute approximate surface area is 152 Å². The molecule has 0 fully saturated rings. The molecule has 2 aromatic carbocycles. The Morgan fingerprint density at radius 3 is 1.84 bits per heavy atom. The summed E-state index contributed by atoms with van der Waals surface area (Å²) in [7, 11) is 0. The number of hydrogen-bond acceptors (Lipinski definition) is 0. The predicted octanol–water partition coefficient (Wildman–Crippen LogP) is 5.89. The summed E-state index contributed by atoms with van der Waals surface area (Å²) in [6, 6.07) is 21.9. The summed E-state index contributed by atoms with van der Waals surface area (Å²) in [5.74, 6) is 0.